The van der Waals surface area contributed by atoms with Gasteiger partial charge in [-0.15, -0.1) is 0 Å². The number of primary amides is 1. The Labute approximate surface area is 193 Å². The van der Waals surface area contributed by atoms with Crippen LogP contribution in [0, 0.1) is 11.8 Å². The van der Waals surface area contributed by atoms with Gasteiger partial charge in [0, 0.05) is 5.39 Å². The smallest absolute Gasteiger partial charge is 0.244 e. The minimum Gasteiger partial charge on any atom is -0.544 e. The summed E-state index contributed by atoms with van der Waals surface area (Å²) in [5.74, 6) is -6.69. The van der Waals surface area contributed by atoms with Crippen LogP contribution in [0.2, 0.25) is 0 Å². The highest BCUT2D eigenvalue weighted by Crippen LogP contribution is 2.48. The first kappa shape index (κ1) is 21.6. The Hall–Kier alpha value is -4.24. The van der Waals surface area contributed by atoms with E-state index in [1.54, 1.807) is 42.5 Å². The number of phenolic OH excluding ortho intramolecular Hbond substituents is 1. The first-order chi connectivity index (χ1) is 16.3. The molecule has 9 nitrogen and oxygen atoms in total. The van der Waals surface area contributed by atoms with Crippen molar-refractivity contribution < 1.29 is 34.7 Å². The van der Waals surface area contributed by atoms with Crippen LogP contribution < -0.4 is 21.1 Å². The number of hydrogen-bond donors (Lipinski definition) is 3. The largest absolute Gasteiger partial charge is 0.544 e. The van der Waals surface area contributed by atoms with Crippen LogP contribution in [-0.4, -0.2) is 34.3 Å². The number of fused-ring (bicyclic) bond motifs is 2. The minimum atomic E-state index is -2.10. The van der Waals surface area contributed by atoms with Crippen molar-refractivity contribution in [1.29, 1.82) is 0 Å². The summed E-state index contributed by atoms with van der Waals surface area (Å²) in [6, 6.07) is 17.6. The van der Waals surface area contributed by atoms with Crippen LogP contribution in [0.4, 0.5) is 5.69 Å². The second kappa shape index (κ2) is 7.67. The number of aromatic hydroxyl groups is 1. The summed E-state index contributed by atoms with van der Waals surface area (Å²) in [6.07, 6.45) is -0.705. The fraction of sp³-hybridized carbons (Fsp3) is 0.200. The summed E-state index contributed by atoms with van der Waals surface area (Å²) in [5, 5.41) is 25.7. The highest BCUT2D eigenvalue weighted by molar-refractivity contribution is 6.26. The van der Waals surface area contributed by atoms with Crippen LogP contribution in [0.25, 0.3) is 10.8 Å². The van der Waals surface area contributed by atoms with E-state index in [1.807, 2.05) is 18.2 Å². The van der Waals surface area contributed by atoms with Crippen molar-refractivity contribution in [3.05, 3.63) is 72.3 Å². The predicted molar refractivity (Wildman–Crippen MR) is 118 cm³/mol. The second-order valence-corrected chi connectivity index (χ2v) is 8.74. The lowest BCUT2D eigenvalue weighted by Crippen LogP contribution is -2.99. The number of benzene rings is 3. The van der Waals surface area contributed by atoms with Crippen molar-refractivity contribution in [2.75, 3.05) is 4.90 Å². The summed E-state index contributed by atoms with van der Waals surface area (Å²) >= 11 is 0. The highest BCUT2D eigenvalue weighted by atomic mass is 16.4. The Balaban J connectivity index is 1.72. The number of carboxylic acid groups (broad SMARTS) is 1. The molecule has 2 saturated heterocycles. The zero-order valence-corrected chi connectivity index (χ0v) is 17.9. The van der Waals surface area contributed by atoms with Gasteiger partial charge in [-0.25, -0.2) is 4.90 Å². The fourth-order valence-corrected chi connectivity index (χ4v) is 5.54. The molecule has 4 atom stereocenters. The number of carbonyl (C=O) groups excluding carboxylic acids is 4. The second-order valence-electron chi connectivity index (χ2n) is 8.74. The van der Waals surface area contributed by atoms with E-state index in [0.717, 1.165) is 10.3 Å². The Bertz CT molecular complexity index is 1370. The number of carbonyl (C=O) groups is 4. The van der Waals surface area contributed by atoms with Gasteiger partial charge < -0.3 is 26.1 Å². The maximum atomic E-state index is 13.8. The number of anilines is 1. The predicted octanol–water partition coefficient (Wildman–Crippen LogP) is -0.667. The Morgan fingerprint density at radius 3 is 2.38 bits per heavy atom. The fourth-order valence-electron chi connectivity index (χ4n) is 5.54. The van der Waals surface area contributed by atoms with Gasteiger partial charge in [0.05, 0.1) is 17.7 Å². The third kappa shape index (κ3) is 2.97. The first-order valence-corrected chi connectivity index (χ1v) is 10.8. The average molecular weight is 459 g/mol. The molecule has 2 heterocycles. The molecule has 3 aromatic carbocycles. The Morgan fingerprint density at radius 2 is 1.68 bits per heavy atom. The van der Waals surface area contributed by atoms with Crippen molar-refractivity contribution in [2.45, 2.75) is 18.0 Å². The molecule has 2 aliphatic rings. The molecule has 0 spiro atoms. The van der Waals surface area contributed by atoms with Gasteiger partial charge in [0.1, 0.15) is 29.6 Å². The molecule has 0 bridgehead atoms. The Morgan fingerprint density at radius 1 is 1.00 bits per heavy atom. The van der Waals surface area contributed by atoms with E-state index in [9.17, 15) is 29.4 Å². The molecule has 2 fully saturated rings. The van der Waals surface area contributed by atoms with Crippen molar-refractivity contribution in [3.63, 3.8) is 0 Å². The monoisotopic (exact) mass is 459 g/mol. The van der Waals surface area contributed by atoms with E-state index in [1.165, 1.54) is 11.4 Å². The molecule has 9 heteroatoms. The third-order valence-electron chi connectivity index (χ3n) is 6.92. The van der Waals surface area contributed by atoms with Crippen LogP contribution in [-0.2, 0) is 19.2 Å². The molecule has 0 saturated carbocycles. The Kier molecular flexibility index (Phi) is 4.87. The summed E-state index contributed by atoms with van der Waals surface area (Å²) < 4.78 is 0. The van der Waals surface area contributed by atoms with Crippen LogP contribution >= 0.6 is 0 Å². The standard InChI is InChI=1S/C25H21N3O6/c26-18(30)12-25(24(33)34)20-19(21(27-25)15-9-3-4-11-17(15)29)22(31)28(23(20)32)16-10-5-7-13-6-1-2-8-14(13)16/h1-11,19-21,27,29H,12H2,(H2,26,30)(H,33,34). The van der Waals surface area contributed by atoms with Crippen molar-refractivity contribution in [1.82, 2.24) is 0 Å². The summed E-state index contributed by atoms with van der Waals surface area (Å²) in [4.78, 5) is 53.0. The molecule has 172 valence electrons. The van der Waals surface area contributed by atoms with E-state index < -0.39 is 53.5 Å². The van der Waals surface area contributed by atoms with Gasteiger partial charge in [-0.2, -0.15) is 0 Å². The molecular weight excluding hydrogens is 438 g/mol. The van der Waals surface area contributed by atoms with E-state index in [2.05, 4.69) is 0 Å². The first-order valence-electron chi connectivity index (χ1n) is 10.8. The van der Waals surface area contributed by atoms with E-state index in [0.29, 0.717) is 11.1 Å². The third-order valence-corrected chi connectivity index (χ3v) is 6.92. The molecule has 3 amide bonds. The lowest BCUT2D eigenvalue weighted by molar-refractivity contribution is -0.738. The van der Waals surface area contributed by atoms with Crippen LogP contribution in [0.3, 0.4) is 0 Å². The molecule has 0 radical (unpaired) electrons. The highest BCUT2D eigenvalue weighted by Gasteiger charge is 2.70. The van der Waals surface area contributed by atoms with Crippen LogP contribution in [0.15, 0.2) is 66.7 Å². The normalized spacial score (nSPS) is 26.1. The van der Waals surface area contributed by atoms with Gasteiger partial charge in [0.15, 0.2) is 5.54 Å². The van der Waals surface area contributed by atoms with E-state index >= 15 is 0 Å². The molecule has 4 unspecified atom stereocenters. The molecule has 34 heavy (non-hydrogen) atoms. The minimum absolute atomic E-state index is 0.153. The van der Waals surface area contributed by atoms with Gasteiger partial charge in [0.25, 0.3) is 0 Å². The lowest BCUT2D eigenvalue weighted by Gasteiger charge is -2.31. The van der Waals surface area contributed by atoms with E-state index in [4.69, 9.17) is 5.73 Å². The van der Waals surface area contributed by atoms with Crippen molar-refractivity contribution in [2.24, 2.45) is 17.6 Å². The summed E-state index contributed by atoms with van der Waals surface area (Å²) in [6.45, 7) is 0. The molecule has 0 aromatic heterocycles. The topological polar surface area (TPSA) is 157 Å². The van der Waals surface area contributed by atoms with Crippen LogP contribution in [0.5, 0.6) is 5.75 Å². The molecular formula is C25H21N3O6. The number of rotatable bonds is 5. The summed E-state index contributed by atoms with van der Waals surface area (Å²) in [5.41, 5.74) is 3.89. The van der Waals surface area contributed by atoms with Crippen molar-refractivity contribution in [3.8, 4) is 5.75 Å². The zero-order chi connectivity index (χ0) is 24.2. The zero-order valence-electron chi connectivity index (χ0n) is 17.9. The van der Waals surface area contributed by atoms with Gasteiger partial charge >= 0.3 is 0 Å². The van der Waals surface area contributed by atoms with Gasteiger partial charge in [0.2, 0.25) is 17.7 Å². The number of nitrogens with zero attached hydrogens (tertiary/aromatic N) is 1. The maximum Gasteiger partial charge on any atom is 0.244 e. The summed E-state index contributed by atoms with van der Waals surface area (Å²) in [7, 11) is 0. The van der Waals surface area contributed by atoms with Gasteiger partial charge in [-0.1, -0.05) is 48.5 Å². The van der Waals surface area contributed by atoms with Crippen molar-refractivity contribution >= 4 is 40.2 Å². The molecule has 2 aliphatic heterocycles. The molecule has 3 aromatic rings. The van der Waals surface area contributed by atoms with Crippen LogP contribution in [0.1, 0.15) is 18.0 Å². The maximum absolute atomic E-state index is 13.8. The van der Waals surface area contributed by atoms with Gasteiger partial charge in [-0.3, -0.25) is 14.4 Å². The number of phenols is 1. The SMILES string of the molecule is NC(=O)CC1(C(=O)[O-])[NH2+]C(c2ccccc2O)C2C(=O)N(c3cccc4ccccc34)C(=O)C21. The molecule has 0 aliphatic carbocycles. The van der Waals surface area contributed by atoms with E-state index in [-0.39, 0.29) is 11.3 Å². The number of para-hydroxylation sites is 1. The lowest BCUT2D eigenvalue weighted by atomic mass is 9.77. The number of nitrogens with two attached hydrogens (primary N) is 2. The number of amides is 3. The van der Waals surface area contributed by atoms with Gasteiger partial charge in [-0.05, 0) is 23.6 Å². The molecule has 5 N–H and O–H groups in total. The quantitative estimate of drug-likeness (QED) is 0.430. The number of aliphatic carboxylic acids is 1. The number of quaternary nitrogens is 1. The molecule has 5 rings (SSSR count). The number of hydrogen-bond acceptors (Lipinski definition) is 6. The average Bonchev–Trinajstić information content (AvgIpc) is 3.27. The number of imide groups is 1. The number of carboxylic acids is 1.